The molecule has 0 saturated carbocycles. The van der Waals surface area contributed by atoms with Crippen LogP contribution in [0.5, 0.6) is 0 Å². The summed E-state index contributed by atoms with van der Waals surface area (Å²) in [4.78, 5) is 38.7. The van der Waals surface area contributed by atoms with Crippen LogP contribution in [0.2, 0.25) is 0 Å². The quantitative estimate of drug-likeness (QED) is 0.368. The number of thioether (sulfide) groups is 1. The molecule has 0 spiro atoms. The van der Waals surface area contributed by atoms with E-state index in [1.807, 2.05) is 12.1 Å². The number of carboxylic acid groups (broad SMARTS) is 1. The van der Waals surface area contributed by atoms with E-state index in [1.165, 1.54) is 31.4 Å². The van der Waals surface area contributed by atoms with Crippen molar-refractivity contribution in [2.45, 2.75) is 45.1 Å². The van der Waals surface area contributed by atoms with E-state index >= 15 is 0 Å². The Morgan fingerprint density at radius 3 is 2.53 bits per heavy atom. The maximum Gasteiger partial charge on any atom is 0.327 e. The van der Waals surface area contributed by atoms with Crippen LogP contribution in [-0.2, 0) is 14.4 Å². The van der Waals surface area contributed by atoms with Crippen molar-refractivity contribution in [3.8, 4) is 0 Å². The molecule has 30 heavy (non-hydrogen) atoms. The van der Waals surface area contributed by atoms with Gasteiger partial charge < -0.3 is 14.8 Å². The molecule has 0 aliphatic carbocycles. The van der Waals surface area contributed by atoms with E-state index in [0.29, 0.717) is 11.2 Å². The Balaban J connectivity index is 1.69. The van der Waals surface area contributed by atoms with Gasteiger partial charge in [0.05, 0.1) is 4.91 Å². The third-order valence-corrected chi connectivity index (χ3v) is 6.94. The monoisotopic (exact) mass is 446 g/mol. The molecule has 2 fully saturated rings. The van der Waals surface area contributed by atoms with Gasteiger partial charge in [0.1, 0.15) is 16.6 Å². The number of amides is 1. The summed E-state index contributed by atoms with van der Waals surface area (Å²) in [5.74, 6) is -0.880. The molecule has 1 atom stereocenters. The van der Waals surface area contributed by atoms with Crippen LogP contribution < -0.4 is 4.90 Å². The van der Waals surface area contributed by atoms with Gasteiger partial charge in [-0.2, -0.15) is 0 Å². The number of thiocarbonyl (C=S) groups is 1. The summed E-state index contributed by atoms with van der Waals surface area (Å²) in [7, 11) is 0. The van der Waals surface area contributed by atoms with E-state index in [2.05, 4.69) is 24.0 Å². The van der Waals surface area contributed by atoms with Crippen molar-refractivity contribution in [1.29, 1.82) is 0 Å². The summed E-state index contributed by atoms with van der Waals surface area (Å²) >= 11 is 6.26. The lowest BCUT2D eigenvalue weighted by atomic mass is 9.92. The number of hydrogen-bond acceptors (Lipinski definition) is 6. The first-order valence-corrected chi connectivity index (χ1v) is 11.5. The molecule has 2 aliphatic heterocycles. The first-order chi connectivity index (χ1) is 14.4. The molecule has 2 aliphatic rings. The predicted molar refractivity (Wildman–Crippen MR) is 123 cm³/mol. The van der Waals surface area contributed by atoms with Crippen LogP contribution in [0.3, 0.4) is 0 Å². The fourth-order valence-corrected chi connectivity index (χ4v) is 5.33. The van der Waals surface area contributed by atoms with Crippen LogP contribution in [0.1, 0.15) is 44.6 Å². The Labute approximate surface area is 186 Å². The topological polar surface area (TPSA) is 77.9 Å². The molecule has 6 nitrogen and oxygen atoms in total. The second kappa shape index (κ2) is 10.2. The molecule has 1 unspecified atom stereocenters. The molecule has 0 aromatic heterocycles. The highest BCUT2D eigenvalue weighted by Crippen LogP contribution is 2.35. The first-order valence-electron chi connectivity index (χ1n) is 10.2. The van der Waals surface area contributed by atoms with Gasteiger partial charge in [0, 0.05) is 25.2 Å². The molecule has 0 bridgehead atoms. The highest BCUT2D eigenvalue weighted by atomic mass is 32.2. The van der Waals surface area contributed by atoms with Gasteiger partial charge in [-0.15, -0.1) is 0 Å². The van der Waals surface area contributed by atoms with Crippen LogP contribution in [0.25, 0.3) is 6.08 Å². The molecule has 8 heteroatoms. The van der Waals surface area contributed by atoms with E-state index < -0.39 is 17.9 Å². The number of hydrogen-bond donors (Lipinski definition) is 1. The number of piperidine rings is 1. The summed E-state index contributed by atoms with van der Waals surface area (Å²) in [6, 6.07) is 6.76. The van der Waals surface area contributed by atoms with Gasteiger partial charge in [-0.05, 0) is 42.5 Å². The number of anilines is 1. The van der Waals surface area contributed by atoms with Gasteiger partial charge in [-0.1, -0.05) is 55.9 Å². The molecule has 3 rings (SSSR count). The zero-order valence-electron chi connectivity index (χ0n) is 17.0. The minimum Gasteiger partial charge on any atom is -0.480 e. The number of aliphatic carboxylic acids is 1. The third kappa shape index (κ3) is 5.10. The van der Waals surface area contributed by atoms with Gasteiger partial charge in [-0.25, -0.2) is 4.79 Å². The van der Waals surface area contributed by atoms with Crippen LogP contribution in [-0.4, -0.2) is 51.6 Å². The molecule has 1 amide bonds. The van der Waals surface area contributed by atoms with Gasteiger partial charge in [-0.3, -0.25) is 9.69 Å². The summed E-state index contributed by atoms with van der Waals surface area (Å²) in [6.45, 7) is 4.37. The van der Waals surface area contributed by atoms with Gasteiger partial charge in [0.15, 0.2) is 0 Å². The van der Waals surface area contributed by atoms with Gasteiger partial charge in [0.25, 0.3) is 5.91 Å². The second-order valence-electron chi connectivity index (χ2n) is 7.62. The van der Waals surface area contributed by atoms with Crippen molar-refractivity contribution in [2.75, 3.05) is 18.0 Å². The molecule has 1 aromatic carbocycles. The maximum absolute atomic E-state index is 12.7. The minimum atomic E-state index is -1.26. The van der Waals surface area contributed by atoms with Crippen molar-refractivity contribution in [2.24, 2.45) is 5.92 Å². The molecule has 2 heterocycles. The van der Waals surface area contributed by atoms with Gasteiger partial charge in [0.2, 0.25) is 0 Å². The molecular weight excluding hydrogens is 420 g/mol. The van der Waals surface area contributed by atoms with Crippen LogP contribution in [0.15, 0.2) is 29.2 Å². The van der Waals surface area contributed by atoms with Crippen molar-refractivity contribution >= 4 is 58.2 Å². The number of carboxylic acids is 1. The van der Waals surface area contributed by atoms with Crippen LogP contribution in [0.4, 0.5) is 5.69 Å². The Hall–Kier alpha value is -2.19. The number of carbonyl (C=O) groups excluding carboxylic acids is 2. The average Bonchev–Trinajstić information content (AvgIpc) is 3.00. The lowest BCUT2D eigenvalue weighted by molar-refractivity contribution is -0.146. The smallest absolute Gasteiger partial charge is 0.327 e. The predicted octanol–water partition coefficient (Wildman–Crippen LogP) is 3.95. The van der Waals surface area contributed by atoms with E-state index in [1.54, 1.807) is 6.08 Å². The Morgan fingerprint density at radius 1 is 1.30 bits per heavy atom. The largest absolute Gasteiger partial charge is 0.480 e. The third-order valence-electron chi connectivity index (χ3n) is 5.61. The van der Waals surface area contributed by atoms with E-state index in [4.69, 9.17) is 12.2 Å². The maximum atomic E-state index is 12.7. The lowest BCUT2D eigenvalue weighted by Crippen LogP contribution is -2.44. The molecule has 1 N–H and O–H groups in total. The number of nitrogens with zero attached hydrogens (tertiary/aromatic N) is 2. The number of benzene rings is 1. The first kappa shape index (κ1) is 22.5. The normalized spacial score (nSPS) is 20.1. The number of carbonyl (C=O) groups is 3. The second-order valence-corrected chi connectivity index (χ2v) is 9.29. The molecule has 1 aromatic rings. The zero-order valence-corrected chi connectivity index (χ0v) is 18.6. The highest BCUT2D eigenvalue weighted by molar-refractivity contribution is 8.26. The van der Waals surface area contributed by atoms with Crippen LogP contribution >= 0.6 is 24.0 Å². The van der Waals surface area contributed by atoms with Crippen molar-refractivity contribution < 1.29 is 19.5 Å². The van der Waals surface area contributed by atoms with Crippen LogP contribution in [0, 0.1) is 5.92 Å². The summed E-state index contributed by atoms with van der Waals surface area (Å²) < 4.78 is 0.159. The number of rotatable bonds is 8. The molecular formula is C22H26N2O4S2. The van der Waals surface area contributed by atoms with Crippen molar-refractivity contribution in [1.82, 2.24) is 4.90 Å². The van der Waals surface area contributed by atoms with Gasteiger partial charge >= 0.3 is 5.97 Å². The average molecular weight is 447 g/mol. The fraction of sp³-hybridized carbons (Fsp3) is 0.455. The summed E-state index contributed by atoms with van der Waals surface area (Å²) in [6.07, 6.45) is 6.92. The zero-order chi connectivity index (χ0) is 21.7. The fourth-order valence-electron chi connectivity index (χ4n) is 3.98. The highest BCUT2D eigenvalue weighted by Gasteiger charge is 2.40. The standard InChI is InChI=1S/C22H26N2O4S2/c1-2-3-15-8-11-23(12-9-15)17-6-4-16(5-7-17)14-19-20(26)24(22(29)30-19)18(10-13-25)21(27)28/h4-7,13-15,18H,2-3,8-12H2,1H3,(H,27,28). The molecule has 2 saturated heterocycles. The van der Waals surface area contributed by atoms with Crippen molar-refractivity contribution in [3.63, 3.8) is 0 Å². The van der Waals surface area contributed by atoms with E-state index in [0.717, 1.165) is 41.2 Å². The van der Waals surface area contributed by atoms with E-state index in [9.17, 15) is 19.5 Å². The molecule has 160 valence electrons. The number of aldehydes is 1. The Morgan fingerprint density at radius 2 is 1.97 bits per heavy atom. The summed E-state index contributed by atoms with van der Waals surface area (Å²) in [5.41, 5.74) is 2.02. The molecule has 0 radical (unpaired) electrons. The lowest BCUT2D eigenvalue weighted by Gasteiger charge is -2.33. The van der Waals surface area contributed by atoms with E-state index in [-0.39, 0.29) is 10.7 Å². The Kier molecular flexibility index (Phi) is 7.66. The summed E-state index contributed by atoms with van der Waals surface area (Å²) in [5, 5.41) is 9.33. The SMILES string of the molecule is CCCC1CCN(c2ccc(C=C3SC(=S)N(C(CC=O)C(=O)O)C3=O)cc2)CC1. The Bertz CT molecular complexity index is 845. The van der Waals surface area contributed by atoms with Crippen molar-refractivity contribution in [3.05, 3.63) is 34.7 Å². The minimum absolute atomic E-state index is 0.159.